The molecule has 6 rings (SSSR count). The summed E-state index contributed by atoms with van der Waals surface area (Å²) < 4.78 is 0. The second-order valence-corrected chi connectivity index (χ2v) is 7.81. The number of hydrogen-bond donors (Lipinski definition) is 4. The van der Waals surface area contributed by atoms with Crippen molar-refractivity contribution in [1.82, 2.24) is 30.5 Å². The van der Waals surface area contributed by atoms with Gasteiger partial charge in [-0.1, -0.05) is 6.07 Å². The molecule has 154 valence electrons. The van der Waals surface area contributed by atoms with Gasteiger partial charge in [-0.2, -0.15) is 5.10 Å². The average Bonchev–Trinajstić information content (AvgIpc) is 3.43. The van der Waals surface area contributed by atoms with E-state index in [9.17, 15) is 0 Å². The lowest BCUT2D eigenvalue weighted by atomic mass is 10.0. The van der Waals surface area contributed by atoms with Crippen molar-refractivity contribution < 1.29 is 0 Å². The van der Waals surface area contributed by atoms with Crippen LogP contribution >= 0.6 is 0 Å². The van der Waals surface area contributed by atoms with E-state index in [0.717, 1.165) is 76.3 Å². The van der Waals surface area contributed by atoms with Gasteiger partial charge >= 0.3 is 0 Å². The number of H-pyrrole nitrogens is 2. The Labute approximate surface area is 178 Å². The molecule has 0 amide bonds. The number of nitrogens with zero attached hydrogens (tertiary/aromatic N) is 4. The fourth-order valence-corrected chi connectivity index (χ4v) is 4.29. The van der Waals surface area contributed by atoms with Crippen LogP contribution in [0.1, 0.15) is 0 Å². The Hall–Kier alpha value is -3.91. The Bertz CT molecular complexity index is 1390. The van der Waals surface area contributed by atoms with Crippen molar-refractivity contribution >= 4 is 33.6 Å². The number of rotatable bonds is 3. The Morgan fingerprint density at radius 3 is 2.65 bits per heavy atom. The minimum absolute atomic E-state index is 0.508. The van der Waals surface area contributed by atoms with Crippen LogP contribution in [0.3, 0.4) is 0 Å². The Morgan fingerprint density at radius 1 is 0.871 bits per heavy atom. The topological polar surface area (TPSA) is 112 Å². The van der Waals surface area contributed by atoms with E-state index in [0.29, 0.717) is 5.82 Å². The van der Waals surface area contributed by atoms with Gasteiger partial charge in [-0.3, -0.25) is 5.10 Å². The number of nitrogens with two attached hydrogens (primary N) is 1. The van der Waals surface area contributed by atoms with E-state index in [1.54, 1.807) is 0 Å². The van der Waals surface area contributed by atoms with E-state index >= 15 is 0 Å². The molecular weight excluding hydrogens is 388 g/mol. The van der Waals surface area contributed by atoms with Crippen LogP contribution < -0.4 is 16.0 Å². The third kappa shape index (κ3) is 3.08. The molecule has 1 aromatic carbocycles. The third-order valence-corrected chi connectivity index (χ3v) is 5.93. The van der Waals surface area contributed by atoms with Crippen LogP contribution in [0.15, 0.2) is 54.9 Å². The molecule has 4 aromatic heterocycles. The minimum Gasteiger partial charge on any atom is -0.382 e. The molecule has 1 aliphatic heterocycles. The molecule has 0 unspecified atom stereocenters. The van der Waals surface area contributed by atoms with E-state index in [1.165, 1.54) is 0 Å². The zero-order chi connectivity index (χ0) is 20.8. The van der Waals surface area contributed by atoms with Crippen LogP contribution in [0.2, 0.25) is 0 Å². The third-order valence-electron chi connectivity index (χ3n) is 5.93. The van der Waals surface area contributed by atoms with Gasteiger partial charge in [0.1, 0.15) is 11.5 Å². The van der Waals surface area contributed by atoms with Crippen molar-refractivity contribution in [2.75, 3.05) is 36.8 Å². The monoisotopic (exact) mass is 410 g/mol. The van der Waals surface area contributed by atoms with Crippen molar-refractivity contribution in [2.45, 2.75) is 0 Å². The summed E-state index contributed by atoms with van der Waals surface area (Å²) in [6.07, 6.45) is 3.71. The second kappa shape index (κ2) is 7.10. The van der Waals surface area contributed by atoms with Gasteiger partial charge in [0, 0.05) is 60.6 Å². The first kappa shape index (κ1) is 17.9. The second-order valence-electron chi connectivity index (χ2n) is 7.81. The fraction of sp³-hybridized carbons (Fsp3) is 0.174. The van der Waals surface area contributed by atoms with E-state index in [-0.39, 0.29) is 0 Å². The summed E-state index contributed by atoms with van der Waals surface area (Å²) in [5.74, 6) is 1.51. The molecule has 31 heavy (non-hydrogen) atoms. The van der Waals surface area contributed by atoms with Crippen LogP contribution in [0.5, 0.6) is 0 Å². The fourth-order valence-electron chi connectivity index (χ4n) is 4.29. The lowest BCUT2D eigenvalue weighted by molar-refractivity contribution is 0.585. The Morgan fingerprint density at radius 2 is 1.74 bits per heavy atom. The van der Waals surface area contributed by atoms with E-state index < -0.39 is 0 Å². The van der Waals surface area contributed by atoms with Crippen molar-refractivity contribution in [3.63, 3.8) is 0 Å². The largest absolute Gasteiger partial charge is 0.382 e. The molecule has 0 aliphatic carbocycles. The number of benzene rings is 1. The van der Waals surface area contributed by atoms with Gasteiger partial charge in [-0.15, -0.1) is 0 Å². The van der Waals surface area contributed by atoms with E-state index in [4.69, 9.17) is 5.73 Å². The lowest BCUT2D eigenvalue weighted by Crippen LogP contribution is -2.43. The molecule has 5 heterocycles. The number of nitrogen functional groups attached to an aromatic ring is 1. The molecule has 0 atom stereocenters. The van der Waals surface area contributed by atoms with E-state index in [2.05, 4.69) is 59.6 Å². The Kier molecular flexibility index (Phi) is 4.10. The Balaban J connectivity index is 1.43. The van der Waals surface area contributed by atoms with Gasteiger partial charge in [-0.05, 0) is 47.5 Å². The summed E-state index contributed by atoms with van der Waals surface area (Å²) in [4.78, 5) is 14.9. The molecule has 1 fully saturated rings. The van der Waals surface area contributed by atoms with Crippen LogP contribution in [-0.2, 0) is 0 Å². The number of fused-ring (bicyclic) bond motifs is 2. The van der Waals surface area contributed by atoms with Gasteiger partial charge in [0.2, 0.25) is 0 Å². The zero-order valence-electron chi connectivity index (χ0n) is 16.9. The van der Waals surface area contributed by atoms with Crippen molar-refractivity contribution in [1.29, 1.82) is 0 Å². The predicted molar refractivity (Wildman–Crippen MR) is 124 cm³/mol. The SMILES string of the molecule is Nc1n[nH]c2ccc(-c3ccnc4[nH]c(-c5ccnc(N6CCNCC6)c5)cc34)cc12. The number of anilines is 2. The summed E-state index contributed by atoms with van der Waals surface area (Å²) in [6.45, 7) is 3.90. The number of hydrogen-bond acceptors (Lipinski definition) is 6. The molecule has 0 radical (unpaired) electrons. The van der Waals surface area contributed by atoms with Crippen LogP contribution in [0.25, 0.3) is 44.3 Å². The number of nitrogens with one attached hydrogen (secondary N) is 3. The van der Waals surface area contributed by atoms with Crippen LogP contribution in [0, 0.1) is 0 Å². The van der Waals surface area contributed by atoms with Gasteiger partial charge in [0.15, 0.2) is 5.82 Å². The number of aromatic amines is 2. The highest BCUT2D eigenvalue weighted by molar-refractivity contribution is 5.99. The summed E-state index contributed by atoms with van der Waals surface area (Å²) >= 11 is 0. The first-order valence-corrected chi connectivity index (χ1v) is 10.4. The van der Waals surface area contributed by atoms with Crippen LogP contribution in [0.4, 0.5) is 11.6 Å². The standard InChI is InChI=1S/C23H22N8/c24-22-18-11-14(1-2-19(18)29-30-22)16-4-6-27-23-17(16)13-20(28-23)15-3-5-26-21(12-15)31-9-7-25-8-10-31/h1-6,11-13,25H,7-10H2,(H,27,28)(H3,24,29,30). The maximum absolute atomic E-state index is 6.02. The molecule has 5 N–H and O–H groups in total. The van der Waals surface area contributed by atoms with Crippen molar-refractivity contribution in [3.05, 3.63) is 54.9 Å². The number of aromatic nitrogens is 5. The molecule has 1 saturated heterocycles. The lowest BCUT2D eigenvalue weighted by Gasteiger charge is -2.28. The maximum atomic E-state index is 6.02. The molecule has 8 nitrogen and oxygen atoms in total. The molecule has 1 aliphatic rings. The molecule has 0 spiro atoms. The average molecular weight is 410 g/mol. The zero-order valence-corrected chi connectivity index (χ0v) is 16.9. The predicted octanol–water partition coefficient (Wildman–Crippen LogP) is 3.16. The number of piperazine rings is 1. The summed E-state index contributed by atoms with van der Waals surface area (Å²) in [5.41, 5.74) is 12.1. The van der Waals surface area contributed by atoms with Gasteiger partial charge in [0.25, 0.3) is 0 Å². The quantitative estimate of drug-likeness (QED) is 0.364. The summed E-state index contributed by atoms with van der Waals surface area (Å²) in [5, 5.41) is 12.4. The van der Waals surface area contributed by atoms with Gasteiger partial charge in [-0.25, -0.2) is 9.97 Å². The van der Waals surface area contributed by atoms with Gasteiger partial charge in [0.05, 0.1) is 5.52 Å². The summed E-state index contributed by atoms with van der Waals surface area (Å²) in [7, 11) is 0. The molecule has 0 saturated carbocycles. The van der Waals surface area contributed by atoms with Gasteiger partial charge < -0.3 is 20.9 Å². The molecular formula is C23H22N8. The van der Waals surface area contributed by atoms with E-state index in [1.807, 2.05) is 30.6 Å². The van der Waals surface area contributed by atoms with Crippen molar-refractivity contribution in [2.24, 2.45) is 0 Å². The first-order valence-electron chi connectivity index (χ1n) is 10.4. The van der Waals surface area contributed by atoms with Crippen LogP contribution in [-0.4, -0.2) is 51.3 Å². The highest BCUT2D eigenvalue weighted by Crippen LogP contribution is 2.34. The normalized spacial score (nSPS) is 14.5. The van der Waals surface area contributed by atoms with Crippen molar-refractivity contribution in [3.8, 4) is 22.4 Å². The molecule has 0 bridgehead atoms. The smallest absolute Gasteiger partial charge is 0.153 e. The molecule has 8 heteroatoms. The highest BCUT2D eigenvalue weighted by atomic mass is 15.2. The first-order chi connectivity index (χ1) is 15.3. The minimum atomic E-state index is 0.508. The number of pyridine rings is 2. The molecule has 5 aromatic rings. The summed E-state index contributed by atoms with van der Waals surface area (Å²) in [6, 6.07) is 14.5. The highest BCUT2D eigenvalue weighted by Gasteiger charge is 2.15. The maximum Gasteiger partial charge on any atom is 0.153 e.